The first-order valence-electron chi connectivity index (χ1n) is 13.0. The monoisotopic (exact) mass is 616 g/mol. The van der Waals surface area contributed by atoms with Gasteiger partial charge in [-0.25, -0.2) is 4.79 Å². The lowest BCUT2D eigenvalue weighted by molar-refractivity contribution is -0.114. The van der Waals surface area contributed by atoms with E-state index in [4.69, 9.17) is 23.4 Å². The van der Waals surface area contributed by atoms with E-state index >= 15 is 0 Å². The van der Waals surface area contributed by atoms with Crippen LogP contribution in [0.5, 0.6) is 17.2 Å². The zero-order valence-electron chi connectivity index (χ0n) is 24.2. The fourth-order valence-electron chi connectivity index (χ4n) is 3.61. The average molecular weight is 617 g/mol. The second-order valence-electron chi connectivity index (χ2n) is 8.04. The first-order valence-corrected chi connectivity index (χ1v) is 13.9. The summed E-state index contributed by atoms with van der Waals surface area (Å²) in [7, 11) is 2.91. The molecule has 0 radical (unpaired) electrons. The number of aromatic nitrogens is 4. The molecule has 0 aliphatic heterocycles. The van der Waals surface area contributed by atoms with Crippen molar-refractivity contribution in [2.75, 3.05) is 51.3 Å². The average Bonchev–Trinajstić information content (AvgIpc) is 3.66. The lowest BCUT2D eigenvalue weighted by atomic mass is 10.0. The van der Waals surface area contributed by atoms with E-state index in [9.17, 15) is 19.5 Å². The number of amides is 2. The van der Waals surface area contributed by atoms with Gasteiger partial charge in [0.15, 0.2) is 5.76 Å². The number of ether oxygens (including phenoxy) is 4. The number of aliphatic hydroxyl groups is 1. The lowest BCUT2D eigenvalue weighted by Crippen LogP contribution is -2.18. The molecule has 0 aliphatic carbocycles. The second kappa shape index (κ2) is 16.0. The number of methoxy groups -OCH3 is 2. The van der Waals surface area contributed by atoms with Crippen LogP contribution in [0, 0.1) is 0 Å². The molecule has 0 unspecified atom stereocenters. The van der Waals surface area contributed by atoms with Gasteiger partial charge in [0.25, 0.3) is 5.91 Å². The van der Waals surface area contributed by atoms with Crippen molar-refractivity contribution in [3.63, 3.8) is 0 Å². The van der Waals surface area contributed by atoms with Gasteiger partial charge in [0, 0.05) is 25.7 Å². The van der Waals surface area contributed by atoms with Gasteiger partial charge in [-0.1, -0.05) is 31.3 Å². The fraction of sp³-hybridized carbons (Fsp3) is 0.333. The molecule has 43 heavy (non-hydrogen) atoms. The van der Waals surface area contributed by atoms with E-state index in [2.05, 4.69) is 25.9 Å². The lowest BCUT2D eigenvalue weighted by Gasteiger charge is -2.17. The first kappa shape index (κ1) is 32.7. The number of nitrogens with zero attached hydrogens (tertiary/aromatic N) is 4. The highest BCUT2D eigenvalue weighted by Gasteiger charge is 2.25. The maximum Gasteiger partial charge on any atom is 0.379 e. The maximum absolute atomic E-state index is 13.2. The van der Waals surface area contributed by atoms with Crippen LogP contribution in [0.2, 0.25) is 0 Å². The normalized spacial score (nSPS) is 10.4. The Morgan fingerprint density at radius 2 is 1.81 bits per heavy atom. The van der Waals surface area contributed by atoms with E-state index in [0.717, 1.165) is 11.3 Å². The Bertz CT molecular complexity index is 1580. The Hall–Kier alpha value is -4.80. The number of aliphatic hydroxyl groups excluding tert-OH is 1. The standard InChI is InChI=1S/C25H26N6O9S.C2H6/c1-14(33)27-19-7-8-26-31(19)25-30-29-24(41-25)28-22(34)18-13-15(21(23(35)40-18)39-12-11-36-2)20-16(37-3)5-4-6-17(20)38-10-9-32;1-2/h4-8,13,32H,9-12H2,1-3H3,(H,27,33)(H,28,29,34);1-2H3. The zero-order valence-corrected chi connectivity index (χ0v) is 25.0. The molecule has 3 aromatic heterocycles. The van der Waals surface area contributed by atoms with Gasteiger partial charge in [-0.2, -0.15) is 9.78 Å². The minimum atomic E-state index is -0.933. The number of hydrogen-bond acceptors (Lipinski definition) is 13. The Labute approximate surface area is 250 Å². The molecule has 0 saturated carbocycles. The van der Waals surface area contributed by atoms with E-state index in [0.29, 0.717) is 17.1 Å². The van der Waals surface area contributed by atoms with E-state index in [1.807, 2.05) is 13.8 Å². The molecule has 3 N–H and O–H groups in total. The molecule has 0 aliphatic rings. The summed E-state index contributed by atoms with van der Waals surface area (Å²) in [6.45, 7) is 5.26. The van der Waals surface area contributed by atoms with E-state index in [1.54, 1.807) is 24.3 Å². The number of benzene rings is 1. The van der Waals surface area contributed by atoms with Crippen molar-refractivity contribution in [3.05, 3.63) is 52.7 Å². The summed E-state index contributed by atoms with van der Waals surface area (Å²) in [5.74, 6) is -0.707. The Morgan fingerprint density at radius 1 is 1.05 bits per heavy atom. The summed E-state index contributed by atoms with van der Waals surface area (Å²) in [6, 6.07) is 7.82. The third kappa shape index (κ3) is 8.15. The van der Waals surface area contributed by atoms with Crippen LogP contribution in [0.3, 0.4) is 0 Å². The van der Waals surface area contributed by atoms with Crippen LogP contribution in [0.15, 0.2) is 45.7 Å². The van der Waals surface area contributed by atoms with Crippen LogP contribution in [0.1, 0.15) is 31.3 Å². The van der Waals surface area contributed by atoms with Gasteiger partial charge < -0.3 is 33.8 Å². The number of carbonyl (C=O) groups is 2. The summed E-state index contributed by atoms with van der Waals surface area (Å²) in [6.07, 6.45) is 1.47. The van der Waals surface area contributed by atoms with Gasteiger partial charge in [0.05, 0.1) is 32.1 Å². The summed E-state index contributed by atoms with van der Waals surface area (Å²) in [4.78, 5) is 37.7. The molecular formula is C27H32N6O9S. The summed E-state index contributed by atoms with van der Waals surface area (Å²) in [5, 5.41) is 26.8. The van der Waals surface area contributed by atoms with Gasteiger partial charge >= 0.3 is 5.63 Å². The van der Waals surface area contributed by atoms with Gasteiger partial charge in [0.1, 0.15) is 30.5 Å². The van der Waals surface area contributed by atoms with Crippen LogP contribution in [-0.2, 0) is 9.53 Å². The van der Waals surface area contributed by atoms with Crippen molar-refractivity contribution in [2.45, 2.75) is 20.8 Å². The maximum atomic E-state index is 13.2. The number of carbonyl (C=O) groups excluding carboxylic acids is 2. The highest BCUT2D eigenvalue weighted by Crippen LogP contribution is 2.42. The largest absolute Gasteiger partial charge is 0.496 e. The molecular weight excluding hydrogens is 584 g/mol. The van der Waals surface area contributed by atoms with Crippen molar-refractivity contribution in [2.24, 2.45) is 0 Å². The molecule has 230 valence electrons. The number of anilines is 2. The topological polar surface area (TPSA) is 189 Å². The molecule has 4 rings (SSSR count). The van der Waals surface area contributed by atoms with Crippen LogP contribution < -0.4 is 30.5 Å². The number of nitrogens with one attached hydrogen (secondary N) is 2. The third-order valence-corrected chi connectivity index (χ3v) is 6.07. The highest BCUT2D eigenvalue weighted by atomic mass is 32.1. The van der Waals surface area contributed by atoms with Crippen molar-refractivity contribution in [3.8, 4) is 33.5 Å². The van der Waals surface area contributed by atoms with E-state index in [-0.39, 0.29) is 65.4 Å². The fourth-order valence-corrected chi connectivity index (χ4v) is 4.32. The van der Waals surface area contributed by atoms with Gasteiger partial charge in [-0.3, -0.25) is 14.9 Å². The molecule has 4 aromatic rings. The molecule has 0 spiro atoms. The zero-order chi connectivity index (χ0) is 31.4. The minimum Gasteiger partial charge on any atom is -0.496 e. The Balaban J connectivity index is 0.00000248. The van der Waals surface area contributed by atoms with Crippen molar-refractivity contribution >= 4 is 34.1 Å². The van der Waals surface area contributed by atoms with Crippen molar-refractivity contribution in [1.82, 2.24) is 20.0 Å². The van der Waals surface area contributed by atoms with Gasteiger partial charge in [-0.05, 0) is 18.2 Å². The quantitative estimate of drug-likeness (QED) is 0.187. The first-order chi connectivity index (χ1) is 20.9. The van der Waals surface area contributed by atoms with Gasteiger partial charge in [0.2, 0.25) is 21.9 Å². The molecule has 0 fully saturated rings. The molecule has 0 saturated heterocycles. The van der Waals surface area contributed by atoms with Crippen molar-refractivity contribution < 1.29 is 38.1 Å². The molecule has 2 amide bonds. The predicted octanol–water partition coefficient (Wildman–Crippen LogP) is 2.99. The van der Waals surface area contributed by atoms with Crippen molar-refractivity contribution in [1.29, 1.82) is 0 Å². The molecule has 0 bridgehead atoms. The Morgan fingerprint density at radius 3 is 2.51 bits per heavy atom. The van der Waals surface area contributed by atoms with Gasteiger partial charge in [-0.15, -0.1) is 10.2 Å². The molecule has 3 heterocycles. The molecule has 1 aromatic carbocycles. The summed E-state index contributed by atoms with van der Waals surface area (Å²) in [5.41, 5.74) is -0.472. The second-order valence-corrected chi connectivity index (χ2v) is 9.00. The SMILES string of the molecule is CC.COCCOc1c(-c2c(OC)cccc2OCCO)cc(C(=O)Nc2nnc(-n3nccc3NC(C)=O)s2)oc1=O. The third-order valence-electron chi connectivity index (χ3n) is 5.25. The Kier molecular flexibility index (Phi) is 12.2. The minimum absolute atomic E-state index is 0.0171. The highest BCUT2D eigenvalue weighted by molar-refractivity contribution is 7.17. The molecule has 15 nitrogen and oxygen atoms in total. The van der Waals surface area contributed by atoms with Crippen LogP contribution in [0.25, 0.3) is 16.3 Å². The van der Waals surface area contributed by atoms with Crippen LogP contribution in [-0.4, -0.2) is 77.5 Å². The summed E-state index contributed by atoms with van der Waals surface area (Å²) < 4.78 is 28.5. The smallest absolute Gasteiger partial charge is 0.379 e. The van der Waals surface area contributed by atoms with E-state index in [1.165, 1.54) is 38.1 Å². The molecule has 16 heteroatoms. The van der Waals surface area contributed by atoms with Crippen LogP contribution >= 0.6 is 11.3 Å². The van der Waals surface area contributed by atoms with E-state index < -0.39 is 11.5 Å². The summed E-state index contributed by atoms with van der Waals surface area (Å²) >= 11 is 0.967. The number of hydrogen-bond donors (Lipinski definition) is 3. The van der Waals surface area contributed by atoms with Crippen LogP contribution in [0.4, 0.5) is 10.9 Å². The molecule has 0 atom stereocenters. The number of rotatable bonds is 13. The predicted molar refractivity (Wildman–Crippen MR) is 158 cm³/mol.